The number of aromatic nitrogens is 2. The van der Waals surface area contributed by atoms with E-state index >= 15 is 0 Å². The number of hydrogen-bond donors (Lipinski definition) is 0. The summed E-state index contributed by atoms with van der Waals surface area (Å²) in [6.07, 6.45) is -4.44. The normalized spacial score (nSPS) is 11.6. The maximum atomic E-state index is 13.4. The van der Waals surface area contributed by atoms with E-state index in [1.165, 1.54) is 12.1 Å². The molecule has 3 aromatic rings. The minimum atomic E-state index is -4.44. The first-order valence-electron chi connectivity index (χ1n) is 6.91. The molecule has 0 saturated heterocycles. The van der Waals surface area contributed by atoms with Crippen LogP contribution in [-0.4, -0.2) is 10.1 Å². The molecule has 9 heteroatoms. The fourth-order valence-corrected chi connectivity index (χ4v) is 1.97. The van der Waals surface area contributed by atoms with Crippen LogP contribution in [0.15, 0.2) is 47.0 Å². The van der Waals surface area contributed by atoms with E-state index in [0.717, 1.165) is 24.3 Å². The Hall–Kier alpha value is -2.97. The zero-order valence-electron chi connectivity index (χ0n) is 12.3. The van der Waals surface area contributed by atoms with E-state index in [9.17, 15) is 22.0 Å². The van der Waals surface area contributed by atoms with Crippen LogP contribution in [0.25, 0.3) is 11.4 Å². The van der Waals surface area contributed by atoms with Gasteiger partial charge in [-0.2, -0.15) is 18.2 Å². The van der Waals surface area contributed by atoms with Crippen molar-refractivity contribution in [3.05, 3.63) is 65.6 Å². The van der Waals surface area contributed by atoms with Crippen LogP contribution in [0.5, 0.6) is 5.75 Å². The number of benzene rings is 2. The predicted octanol–water partition coefficient (Wildman–Crippen LogP) is 4.61. The van der Waals surface area contributed by atoms with Crippen molar-refractivity contribution >= 4 is 0 Å². The van der Waals surface area contributed by atoms with Crippen molar-refractivity contribution in [1.82, 2.24) is 10.1 Å². The highest BCUT2D eigenvalue weighted by Crippen LogP contribution is 2.30. The number of ether oxygens (including phenoxy) is 1. The lowest BCUT2D eigenvalue weighted by Crippen LogP contribution is -2.04. The van der Waals surface area contributed by atoms with Crippen molar-refractivity contribution in [3.63, 3.8) is 0 Å². The fraction of sp³-hybridized carbons (Fsp3) is 0.125. The molecular weight excluding hydrogens is 347 g/mol. The molecule has 0 atom stereocenters. The average Bonchev–Trinajstić information content (AvgIpc) is 3.02. The van der Waals surface area contributed by atoms with Gasteiger partial charge in [-0.3, -0.25) is 0 Å². The topological polar surface area (TPSA) is 48.2 Å². The third-order valence-corrected chi connectivity index (χ3v) is 3.18. The zero-order valence-corrected chi connectivity index (χ0v) is 12.3. The summed E-state index contributed by atoms with van der Waals surface area (Å²) in [5.74, 6) is -1.78. The molecule has 1 heterocycles. The predicted molar refractivity (Wildman–Crippen MR) is 75.4 cm³/mol. The fourth-order valence-electron chi connectivity index (χ4n) is 1.97. The van der Waals surface area contributed by atoms with Crippen molar-refractivity contribution < 1.29 is 31.2 Å². The van der Waals surface area contributed by atoms with Crippen LogP contribution in [0.3, 0.4) is 0 Å². The first-order chi connectivity index (χ1) is 11.8. The first kappa shape index (κ1) is 16.9. The molecule has 0 aliphatic rings. The molecule has 0 fully saturated rings. The van der Waals surface area contributed by atoms with Gasteiger partial charge in [0.1, 0.15) is 5.82 Å². The van der Waals surface area contributed by atoms with Crippen molar-refractivity contribution in [1.29, 1.82) is 0 Å². The maximum absolute atomic E-state index is 13.4. The Bertz CT molecular complexity index is 875. The monoisotopic (exact) mass is 356 g/mol. The molecule has 0 N–H and O–H groups in total. The maximum Gasteiger partial charge on any atom is 0.416 e. The molecule has 0 aliphatic carbocycles. The average molecular weight is 356 g/mol. The highest BCUT2D eigenvalue weighted by Gasteiger charge is 2.30. The number of nitrogens with zero attached hydrogens (tertiary/aromatic N) is 2. The van der Waals surface area contributed by atoms with Gasteiger partial charge in [0.15, 0.2) is 18.2 Å². The lowest BCUT2D eigenvalue weighted by molar-refractivity contribution is -0.137. The van der Waals surface area contributed by atoms with Gasteiger partial charge in [0.2, 0.25) is 5.82 Å². The molecule has 0 amide bonds. The van der Waals surface area contributed by atoms with Crippen molar-refractivity contribution in [2.45, 2.75) is 12.8 Å². The minimum Gasteiger partial charge on any atom is -0.481 e. The zero-order chi connectivity index (χ0) is 18.0. The molecule has 2 aromatic carbocycles. The third kappa shape index (κ3) is 3.93. The second kappa shape index (κ2) is 6.50. The standard InChI is InChI=1S/C16H9F5N2O2/c17-11-5-6-13(12(18)7-11)24-8-14-22-15(23-25-14)9-1-3-10(4-2-9)16(19,20)21/h1-7H,8H2. The van der Waals surface area contributed by atoms with Gasteiger partial charge in [0, 0.05) is 11.6 Å². The molecule has 0 spiro atoms. The molecule has 25 heavy (non-hydrogen) atoms. The van der Waals surface area contributed by atoms with Crippen LogP contribution >= 0.6 is 0 Å². The number of rotatable bonds is 4. The number of halogens is 5. The van der Waals surface area contributed by atoms with Gasteiger partial charge in [-0.15, -0.1) is 0 Å². The number of alkyl halides is 3. The van der Waals surface area contributed by atoms with E-state index in [4.69, 9.17) is 9.26 Å². The summed E-state index contributed by atoms with van der Waals surface area (Å²) in [4.78, 5) is 3.95. The smallest absolute Gasteiger partial charge is 0.416 e. The van der Waals surface area contributed by atoms with Gasteiger partial charge in [0.05, 0.1) is 5.56 Å². The minimum absolute atomic E-state index is 0.0152. The molecule has 0 saturated carbocycles. The highest BCUT2D eigenvalue weighted by molar-refractivity contribution is 5.54. The second-order valence-corrected chi connectivity index (χ2v) is 4.95. The van der Waals surface area contributed by atoms with Crippen LogP contribution in [0.1, 0.15) is 11.5 Å². The molecule has 0 bridgehead atoms. The van der Waals surface area contributed by atoms with E-state index in [0.29, 0.717) is 11.6 Å². The molecule has 3 rings (SSSR count). The van der Waals surface area contributed by atoms with Gasteiger partial charge >= 0.3 is 6.18 Å². The van der Waals surface area contributed by atoms with Crippen LogP contribution in [0, 0.1) is 11.6 Å². The van der Waals surface area contributed by atoms with E-state index < -0.39 is 23.4 Å². The quantitative estimate of drug-likeness (QED) is 0.641. The Labute approximate surface area is 137 Å². The van der Waals surface area contributed by atoms with E-state index in [2.05, 4.69) is 10.1 Å². The van der Waals surface area contributed by atoms with E-state index in [1.807, 2.05) is 0 Å². The summed E-state index contributed by atoms with van der Waals surface area (Å²) in [5.41, 5.74) is -0.481. The second-order valence-electron chi connectivity index (χ2n) is 4.95. The summed E-state index contributed by atoms with van der Waals surface area (Å²) >= 11 is 0. The molecular formula is C16H9F5N2O2. The third-order valence-electron chi connectivity index (χ3n) is 3.18. The van der Waals surface area contributed by atoms with Gasteiger partial charge < -0.3 is 9.26 Å². The van der Waals surface area contributed by atoms with Crippen LogP contribution in [0.4, 0.5) is 22.0 Å². The SMILES string of the molecule is Fc1ccc(OCc2nc(-c3ccc(C(F)(F)F)cc3)no2)c(F)c1. The highest BCUT2D eigenvalue weighted by atomic mass is 19.4. The van der Waals surface area contributed by atoms with Gasteiger partial charge in [-0.25, -0.2) is 8.78 Å². The summed E-state index contributed by atoms with van der Waals surface area (Å²) in [6, 6.07) is 7.01. The Morgan fingerprint density at radius 3 is 2.36 bits per heavy atom. The number of hydrogen-bond acceptors (Lipinski definition) is 4. The largest absolute Gasteiger partial charge is 0.481 e. The first-order valence-corrected chi connectivity index (χ1v) is 6.91. The molecule has 0 aliphatic heterocycles. The van der Waals surface area contributed by atoms with Crippen molar-refractivity contribution in [2.24, 2.45) is 0 Å². The van der Waals surface area contributed by atoms with Crippen LogP contribution in [0.2, 0.25) is 0 Å². The van der Waals surface area contributed by atoms with Crippen LogP contribution in [-0.2, 0) is 12.8 Å². The van der Waals surface area contributed by atoms with Gasteiger partial charge in [-0.1, -0.05) is 17.3 Å². The Morgan fingerprint density at radius 1 is 1.00 bits per heavy atom. The molecule has 0 radical (unpaired) electrons. The van der Waals surface area contributed by atoms with E-state index in [-0.39, 0.29) is 24.1 Å². The molecule has 1 aromatic heterocycles. The van der Waals surface area contributed by atoms with Gasteiger partial charge in [-0.05, 0) is 24.3 Å². The lowest BCUT2D eigenvalue weighted by atomic mass is 10.1. The summed E-state index contributed by atoms with van der Waals surface area (Å²) in [5, 5.41) is 3.63. The molecule has 4 nitrogen and oxygen atoms in total. The van der Waals surface area contributed by atoms with Crippen molar-refractivity contribution in [2.75, 3.05) is 0 Å². The lowest BCUT2D eigenvalue weighted by Gasteiger charge is -2.05. The van der Waals surface area contributed by atoms with E-state index in [1.54, 1.807) is 0 Å². The van der Waals surface area contributed by atoms with Gasteiger partial charge in [0.25, 0.3) is 5.89 Å². The summed E-state index contributed by atoms with van der Waals surface area (Å²) in [7, 11) is 0. The Morgan fingerprint density at radius 2 is 1.72 bits per heavy atom. The summed E-state index contributed by atoms with van der Waals surface area (Å²) in [6.45, 7) is -0.282. The molecule has 0 unspecified atom stereocenters. The van der Waals surface area contributed by atoms with Crippen molar-refractivity contribution in [3.8, 4) is 17.1 Å². The molecule has 130 valence electrons. The van der Waals surface area contributed by atoms with Crippen LogP contribution < -0.4 is 4.74 Å². The Balaban J connectivity index is 1.70. The summed E-state index contributed by atoms with van der Waals surface area (Å²) < 4.78 is 73.8. The Kier molecular flexibility index (Phi) is 4.39.